The van der Waals surface area contributed by atoms with Gasteiger partial charge in [-0.05, 0) is 5.56 Å². The molecule has 0 spiro atoms. The van der Waals surface area contributed by atoms with Crippen LogP contribution in [0.2, 0.25) is 0 Å². The average molecular weight is 319 g/mol. The van der Waals surface area contributed by atoms with Gasteiger partial charge < -0.3 is 19.5 Å². The molecule has 2 fully saturated rings. The summed E-state index contributed by atoms with van der Waals surface area (Å²) in [6, 6.07) is 9.42. The van der Waals surface area contributed by atoms with E-state index in [4.69, 9.17) is 9.47 Å². The summed E-state index contributed by atoms with van der Waals surface area (Å²) in [5, 5.41) is 2.60. The molecule has 1 heterocycles. The summed E-state index contributed by atoms with van der Waals surface area (Å²) < 4.78 is 16.2. The van der Waals surface area contributed by atoms with Crippen LogP contribution in [-0.2, 0) is 30.4 Å². The molecule has 0 radical (unpaired) electrons. The van der Waals surface area contributed by atoms with Gasteiger partial charge in [0.25, 0.3) is 0 Å². The molecule has 2 aliphatic rings. The molecule has 2 unspecified atom stereocenters. The van der Waals surface area contributed by atoms with E-state index < -0.39 is 18.1 Å². The van der Waals surface area contributed by atoms with Gasteiger partial charge in [0.05, 0.1) is 25.9 Å². The van der Waals surface area contributed by atoms with E-state index in [0.29, 0.717) is 13.0 Å². The molecule has 0 bridgehead atoms. The van der Waals surface area contributed by atoms with Crippen LogP contribution in [0.5, 0.6) is 0 Å². The summed E-state index contributed by atoms with van der Waals surface area (Å²) in [5.74, 6) is -0.670. The lowest BCUT2D eigenvalue weighted by molar-refractivity contribution is -0.150. The zero-order valence-electron chi connectivity index (χ0n) is 13.1. The molecule has 3 rings (SSSR count). The Morgan fingerprint density at radius 3 is 2.61 bits per heavy atom. The molecule has 1 aromatic carbocycles. The topological polar surface area (TPSA) is 73.9 Å². The molecular formula is C17H21NO5. The molecule has 1 saturated carbocycles. The number of benzene rings is 1. The number of carbonyl (C=O) groups excluding carboxylic acids is 2. The largest absolute Gasteiger partial charge is 0.467 e. The van der Waals surface area contributed by atoms with E-state index in [1.807, 2.05) is 30.3 Å². The lowest BCUT2D eigenvalue weighted by atomic mass is 9.91. The molecule has 1 aliphatic heterocycles. The molecule has 23 heavy (non-hydrogen) atoms. The van der Waals surface area contributed by atoms with Crippen molar-refractivity contribution in [1.82, 2.24) is 5.32 Å². The van der Waals surface area contributed by atoms with E-state index in [0.717, 1.165) is 18.4 Å². The molecular weight excluding hydrogens is 298 g/mol. The number of carbonyl (C=O) groups is 2. The summed E-state index contributed by atoms with van der Waals surface area (Å²) in [5.41, 5.74) is 1.15. The van der Waals surface area contributed by atoms with Gasteiger partial charge >= 0.3 is 5.97 Å². The number of ether oxygens (including phenoxy) is 3. The second-order valence-corrected chi connectivity index (χ2v) is 5.96. The van der Waals surface area contributed by atoms with Crippen molar-refractivity contribution in [1.29, 1.82) is 0 Å². The van der Waals surface area contributed by atoms with Crippen molar-refractivity contribution in [2.75, 3.05) is 7.11 Å². The van der Waals surface area contributed by atoms with E-state index in [1.54, 1.807) is 0 Å². The molecule has 1 amide bonds. The monoisotopic (exact) mass is 319 g/mol. The van der Waals surface area contributed by atoms with Gasteiger partial charge in [-0.1, -0.05) is 30.3 Å². The highest BCUT2D eigenvalue weighted by molar-refractivity contribution is 5.91. The van der Waals surface area contributed by atoms with Crippen molar-refractivity contribution in [2.24, 2.45) is 0 Å². The van der Waals surface area contributed by atoms with Crippen LogP contribution in [0.1, 0.15) is 24.8 Å². The van der Waals surface area contributed by atoms with Gasteiger partial charge in [-0.2, -0.15) is 0 Å². The second kappa shape index (κ2) is 7.10. The maximum Gasteiger partial charge on any atom is 0.328 e. The summed E-state index contributed by atoms with van der Waals surface area (Å²) >= 11 is 0. The van der Waals surface area contributed by atoms with E-state index >= 15 is 0 Å². The Morgan fingerprint density at radius 2 is 1.91 bits per heavy atom. The zero-order valence-corrected chi connectivity index (χ0v) is 13.1. The fourth-order valence-electron chi connectivity index (χ4n) is 2.84. The van der Waals surface area contributed by atoms with Crippen LogP contribution in [0.15, 0.2) is 30.3 Å². The van der Waals surface area contributed by atoms with Gasteiger partial charge in [-0.25, -0.2) is 4.79 Å². The molecule has 1 N–H and O–H groups in total. The van der Waals surface area contributed by atoms with Gasteiger partial charge in [-0.15, -0.1) is 0 Å². The number of esters is 1. The Bertz CT molecular complexity index is 555. The summed E-state index contributed by atoms with van der Waals surface area (Å²) in [6.07, 6.45) is 1.50. The average Bonchev–Trinajstić information content (AvgIpc) is 2.90. The predicted molar refractivity (Wildman–Crippen MR) is 81.5 cm³/mol. The van der Waals surface area contributed by atoms with Crippen molar-refractivity contribution in [3.05, 3.63) is 35.9 Å². The Labute approximate surface area is 135 Å². The van der Waals surface area contributed by atoms with Crippen LogP contribution in [-0.4, -0.2) is 43.3 Å². The van der Waals surface area contributed by atoms with E-state index in [1.165, 1.54) is 7.11 Å². The quantitative estimate of drug-likeness (QED) is 0.797. The Hall–Kier alpha value is -1.92. The van der Waals surface area contributed by atoms with E-state index in [2.05, 4.69) is 10.1 Å². The first kappa shape index (κ1) is 16.0. The normalized spacial score (nSPS) is 29.7. The third-order valence-corrected chi connectivity index (χ3v) is 4.28. The minimum absolute atomic E-state index is 0.0166. The lowest BCUT2D eigenvalue weighted by Gasteiger charge is -2.36. The molecule has 1 aromatic rings. The summed E-state index contributed by atoms with van der Waals surface area (Å²) in [6.45, 7) is 0.590. The van der Waals surface area contributed by atoms with Crippen LogP contribution in [0.25, 0.3) is 0 Å². The standard InChI is InChI=1S/C17H21NO5/c1-21-17(20)14-9-15(16(19)18-14)23-13-7-12(8-13)22-10-11-5-3-2-4-6-11/h2-6,12-15H,7-10H2,1H3,(H,18,19). The van der Waals surface area contributed by atoms with Crippen molar-refractivity contribution < 1.29 is 23.8 Å². The van der Waals surface area contributed by atoms with Gasteiger partial charge in [0.2, 0.25) is 5.91 Å². The van der Waals surface area contributed by atoms with Crippen LogP contribution in [0.4, 0.5) is 0 Å². The Morgan fingerprint density at radius 1 is 1.17 bits per heavy atom. The molecule has 6 nitrogen and oxygen atoms in total. The number of nitrogens with one attached hydrogen (secondary N) is 1. The number of hydrogen-bond donors (Lipinski definition) is 1. The third kappa shape index (κ3) is 3.89. The third-order valence-electron chi connectivity index (χ3n) is 4.28. The van der Waals surface area contributed by atoms with Crippen LogP contribution < -0.4 is 5.32 Å². The first-order chi connectivity index (χ1) is 11.2. The van der Waals surface area contributed by atoms with Crippen molar-refractivity contribution in [3.8, 4) is 0 Å². The molecule has 2 atom stereocenters. The lowest BCUT2D eigenvalue weighted by Crippen LogP contribution is -2.41. The number of methoxy groups -OCH3 is 1. The SMILES string of the molecule is COC(=O)C1CC(OC2CC(OCc3ccccc3)C2)C(=O)N1. The van der Waals surface area contributed by atoms with Crippen molar-refractivity contribution in [3.63, 3.8) is 0 Å². The first-order valence-electron chi connectivity index (χ1n) is 7.85. The first-order valence-corrected chi connectivity index (χ1v) is 7.85. The smallest absolute Gasteiger partial charge is 0.328 e. The maximum absolute atomic E-state index is 11.8. The van der Waals surface area contributed by atoms with E-state index in [-0.39, 0.29) is 18.1 Å². The highest BCUT2D eigenvalue weighted by Gasteiger charge is 2.41. The van der Waals surface area contributed by atoms with Gasteiger partial charge in [0.1, 0.15) is 12.1 Å². The fraction of sp³-hybridized carbons (Fsp3) is 0.529. The van der Waals surface area contributed by atoms with Crippen LogP contribution in [0, 0.1) is 0 Å². The second-order valence-electron chi connectivity index (χ2n) is 5.96. The van der Waals surface area contributed by atoms with E-state index in [9.17, 15) is 9.59 Å². The predicted octanol–water partition coefficient (Wildman–Crippen LogP) is 1.18. The summed E-state index contributed by atoms with van der Waals surface area (Å²) in [4.78, 5) is 23.2. The summed E-state index contributed by atoms with van der Waals surface area (Å²) in [7, 11) is 1.31. The van der Waals surface area contributed by atoms with Gasteiger partial charge in [0.15, 0.2) is 0 Å². The minimum Gasteiger partial charge on any atom is -0.467 e. The molecule has 0 aromatic heterocycles. The van der Waals surface area contributed by atoms with Crippen LogP contribution in [0.3, 0.4) is 0 Å². The number of hydrogen-bond acceptors (Lipinski definition) is 5. The molecule has 1 aliphatic carbocycles. The van der Waals surface area contributed by atoms with Gasteiger partial charge in [-0.3, -0.25) is 4.79 Å². The molecule has 1 saturated heterocycles. The highest BCUT2D eigenvalue weighted by Crippen LogP contribution is 2.30. The molecule has 6 heteroatoms. The number of amides is 1. The zero-order chi connectivity index (χ0) is 16.2. The van der Waals surface area contributed by atoms with Crippen molar-refractivity contribution in [2.45, 2.75) is 50.2 Å². The van der Waals surface area contributed by atoms with Crippen molar-refractivity contribution >= 4 is 11.9 Å². The van der Waals surface area contributed by atoms with Gasteiger partial charge in [0, 0.05) is 19.3 Å². The highest BCUT2D eigenvalue weighted by atomic mass is 16.5. The van der Waals surface area contributed by atoms with Crippen LogP contribution >= 0.6 is 0 Å². The Balaban J connectivity index is 1.37. The minimum atomic E-state index is -0.595. The maximum atomic E-state index is 11.8. The fourth-order valence-corrected chi connectivity index (χ4v) is 2.84. The number of rotatable bonds is 6. The molecule has 124 valence electrons. The Kier molecular flexibility index (Phi) is 4.93.